The van der Waals surface area contributed by atoms with Gasteiger partial charge >= 0.3 is 5.97 Å². The van der Waals surface area contributed by atoms with Gasteiger partial charge in [-0.15, -0.1) is 0 Å². The first-order chi connectivity index (χ1) is 9.12. The van der Waals surface area contributed by atoms with E-state index in [0.29, 0.717) is 18.0 Å². The van der Waals surface area contributed by atoms with E-state index in [1.54, 1.807) is 6.92 Å². The lowest BCUT2D eigenvalue weighted by Gasteiger charge is -2.18. The summed E-state index contributed by atoms with van der Waals surface area (Å²) in [7, 11) is 0. The van der Waals surface area contributed by atoms with Crippen molar-refractivity contribution < 1.29 is 9.53 Å². The van der Waals surface area contributed by atoms with Gasteiger partial charge in [-0.3, -0.25) is 0 Å². The SMILES string of the molecule is CCCC(CC)Nc1nc(Cl)ncc1C(=O)OCC. The molecule has 1 aromatic heterocycles. The molecule has 0 radical (unpaired) electrons. The Balaban J connectivity index is 2.96. The van der Waals surface area contributed by atoms with Crippen LogP contribution in [0.15, 0.2) is 6.20 Å². The zero-order valence-corrected chi connectivity index (χ0v) is 12.3. The van der Waals surface area contributed by atoms with Crippen LogP contribution in [-0.2, 0) is 4.74 Å². The quantitative estimate of drug-likeness (QED) is 0.615. The summed E-state index contributed by atoms with van der Waals surface area (Å²) in [4.78, 5) is 19.7. The minimum atomic E-state index is -0.437. The molecule has 1 atom stereocenters. The summed E-state index contributed by atoms with van der Waals surface area (Å²) in [5, 5.41) is 3.35. The molecule has 1 rings (SSSR count). The van der Waals surface area contributed by atoms with E-state index >= 15 is 0 Å². The van der Waals surface area contributed by atoms with Crippen molar-refractivity contribution in [2.45, 2.75) is 46.1 Å². The molecule has 6 heteroatoms. The highest BCUT2D eigenvalue weighted by Gasteiger charge is 2.17. The van der Waals surface area contributed by atoms with Crippen LogP contribution in [0.4, 0.5) is 5.82 Å². The second-order valence-electron chi connectivity index (χ2n) is 4.16. The van der Waals surface area contributed by atoms with Gasteiger partial charge in [0.15, 0.2) is 0 Å². The predicted molar refractivity (Wildman–Crippen MR) is 75.6 cm³/mol. The molecule has 0 saturated carbocycles. The van der Waals surface area contributed by atoms with E-state index in [9.17, 15) is 4.79 Å². The number of hydrogen-bond donors (Lipinski definition) is 1. The highest BCUT2D eigenvalue weighted by molar-refractivity contribution is 6.28. The fourth-order valence-corrected chi connectivity index (χ4v) is 1.88. The van der Waals surface area contributed by atoms with Gasteiger partial charge in [0.2, 0.25) is 5.28 Å². The van der Waals surface area contributed by atoms with Crippen molar-refractivity contribution in [1.29, 1.82) is 0 Å². The topological polar surface area (TPSA) is 64.1 Å². The number of hydrogen-bond acceptors (Lipinski definition) is 5. The summed E-state index contributed by atoms with van der Waals surface area (Å²) in [6.07, 6.45) is 4.39. The number of carbonyl (C=O) groups excluding carboxylic acids is 1. The number of anilines is 1. The highest BCUT2D eigenvalue weighted by Crippen LogP contribution is 2.18. The van der Waals surface area contributed by atoms with Gasteiger partial charge in [-0.05, 0) is 31.4 Å². The van der Waals surface area contributed by atoms with Crippen LogP contribution in [0.3, 0.4) is 0 Å². The molecule has 0 aliphatic carbocycles. The molecule has 106 valence electrons. The van der Waals surface area contributed by atoms with E-state index in [0.717, 1.165) is 19.3 Å². The molecule has 0 saturated heterocycles. The number of nitrogens with one attached hydrogen (secondary N) is 1. The summed E-state index contributed by atoms with van der Waals surface area (Å²) < 4.78 is 4.98. The number of nitrogens with zero attached hydrogens (tertiary/aromatic N) is 2. The Morgan fingerprint density at radius 2 is 2.21 bits per heavy atom. The largest absolute Gasteiger partial charge is 0.462 e. The van der Waals surface area contributed by atoms with Gasteiger partial charge in [0.25, 0.3) is 0 Å². The Kier molecular flexibility index (Phi) is 6.56. The Bertz CT molecular complexity index is 426. The third-order valence-electron chi connectivity index (χ3n) is 2.73. The lowest BCUT2D eigenvalue weighted by Crippen LogP contribution is -2.21. The van der Waals surface area contributed by atoms with Gasteiger partial charge in [-0.1, -0.05) is 20.3 Å². The van der Waals surface area contributed by atoms with Crippen LogP contribution in [0.1, 0.15) is 50.4 Å². The first kappa shape index (κ1) is 15.7. The first-order valence-electron chi connectivity index (χ1n) is 6.58. The van der Waals surface area contributed by atoms with Crippen LogP contribution in [-0.4, -0.2) is 28.6 Å². The van der Waals surface area contributed by atoms with Crippen molar-refractivity contribution in [3.8, 4) is 0 Å². The molecule has 0 spiro atoms. The standard InChI is InChI=1S/C13H20ClN3O2/c1-4-7-9(5-2)16-11-10(12(18)19-6-3)8-15-13(14)17-11/h8-9H,4-7H2,1-3H3,(H,15,16,17). The molecule has 1 heterocycles. The van der Waals surface area contributed by atoms with Crippen molar-refractivity contribution in [3.05, 3.63) is 17.0 Å². The van der Waals surface area contributed by atoms with Crippen LogP contribution in [0.25, 0.3) is 0 Å². The highest BCUT2D eigenvalue weighted by atomic mass is 35.5. The number of ether oxygens (including phenoxy) is 1. The molecule has 1 unspecified atom stereocenters. The number of halogens is 1. The fourth-order valence-electron chi connectivity index (χ4n) is 1.75. The van der Waals surface area contributed by atoms with Gasteiger partial charge < -0.3 is 10.1 Å². The summed E-state index contributed by atoms with van der Waals surface area (Å²) in [6, 6.07) is 0.254. The fraction of sp³-hybridized carbons (Fsp3) is 0.615. The molecule has 0 bridgehead atoms. The van der Waals surface area contributed by atoms with Crippen LogP contribution in [0.5, 0.6) is 0 Å². The Morgan fingerprint density at radius 1 is 1.47 bits per heavy atom. The van der Waals surface area contributed by atoms with Crippen LogP contribution >= 0.6 is 11.6 Å². The van der Waals surface area contributed by atoms with Gasteiger partial charge in [0.05, 0.1) is 6.61 Å². The van der Waals surface area contributed by atoms with Crippen LogP contribution < -0.4 is 5.32 Å². The number of esters is 1. The Hall–Kier alpha value is -1.36. The monoisotopic (exact) mass is 285 g/mol. The second-order valence-corrected chi connectivity index (χ2v) is 4.50. The lowest BCUT2D eigenvalue weighted by atomic mass is 10.1. The van der Waals surface area contributed by atoms with E-state index in [-0.39, 0.29) is 11.3 Å². The molecule has 5 nitrogen and oxygen atoms in total. The minimum absolute atomic E-state index is 0.113. The number of rotatable bonds is 7. The minimum Gasteiger partial charge on any atom is -0.462 e. The van der Waals surface area contributed by atoms with Crippen molar-refractivity contribution in [2.24, 2.45) is 0 Å². The molecule has 0 amide bonds. The van der Waals surface area contributed by atoms with Crippen molar-refractivity contribution in [2.75, 3.05) is 11.9 Å². The third kappa shape index (κ3) is 4.67. The van der Waals surface area contributed by atoms with Gasteiger partial charge in [0.1, 0.15) is 11.4 Å². The Labute approximate surface area is 118 Å². The summed E-state index contributed by atoms with van der Waals surface area (Å²) in [6.45, 7) is 6.27. The maximum atomic E-state index is 11.8. The Morgan fingerprint density at radius 3 is 2.79 bits per heavy atom. The average Bonchev–Trinajstić information content (AvgIpc) is 2.38. The molecular weight excluding hydrogens is 266 g/mol. The average molecular weight is 286 g/mol. The predicted octanol–water partition coefficient (Wildman–Crippen LogP) is 3.30. The van der Waals surface area contributed by atoms with E-state index in [2.05, 4.69) is 29.1 Å². The first-order valence-corrected chi connectivity index (χ1v) is 6.96. The maximum Gasteiger partial charge on any atom is 0.343 e. The smallest absolute Gasteiger partial charge is 0.343 e. The van der Waals surface area contributed by atoms with Crippen molar-refractivity contribution in [3.63, 3.8) is 0 Å². The molecular formula is C13H20ClN3O2. The normalized spacial score (nSPS) is 12.0. The molecule has 0 aliphatic heterocycles. The van der Waals surface area contributed by atoms with Gasteiger partial charge in [0, 0.05) is 12.2 Å². The van der Waals surface area contributed by atoms with E-state index in [1.165, 1.54) is 6.20 Å². The molecule has 0 aromatic carbocycles. The van der Waals surface area contributed by atoms with Crippen molar-refractivity contribution in [1.82, 2.24) is 9.97 Å². The second kappa shape index (κ2) is 7.94. The van der Waals surface area contributed by atoms with E-state index < -0.39 is 5.97 Å². The van der Waals surface area contributed by atoms with Crippen LogP contribution in [0.2, 0.25) is 5.28 Å². The van der Waals surface area contributed by atoms with Crippen LogP contribution in [0, 0.1) is 0 Å². The molecule has 0 aliphatic rings. The van der Waals surface area contributed by atoms with Gasteiger partial charge in [-0.25, -0.2) is 9.78 Å². The zero-order chi connectivity index (χ0) is 14.3. The molecule has 0 fully saturated rings. The van der Waals surface area contributed by atoms with E-state index in [1.807, 2.05) is 0 Å². The van der Waals surface area contributed by atoms with E-state index in [4.69, 9.17) is 16.3 Å². The summed E-state index contributed by atoms with van der Waals surface area (Å²) in [5.41, 5.74) is 0.320. The third-order valence-corrected chi connectivity index (χ3v) is 2.91. The van der Waals surface area contributed by atoms with Crippen molar-refractivity contribution >= 4 is 23.4 Å². The zero-order valence-electron chi connectivity index (χ0n) is 11.6. The van der Waals surface area contributed by atoms with Gasteiger partial charge in [-0.2, -0.15) is 4.98 Å². The molecule has 19 heavy (non-hydrogen) atoms. The molecule has 1 N–H and O–H groups in total. The lowest BCUT2D eigenvalue weighted by molar-refractivity contribution is 0.0526. The molecule has 1 aromatic rings. The maximum absolute atomic E-state index is 11.8. The number of aromatic nitrogens is 2. The number of carbonyl (C=O) groups is 1. The summed E-state index contributed by atoms with van der Waals surface area (Å²) in [5.74, 6) is 0.00627. The summed E-state index contributed by atoms with van der Waals surface area (Å²) >= 11 is 5.79.